The van der Waals surface area contributed by atoms with E-state index >= 15 is 0 Å². The van der Waals surface area contributed by atoms with Gasteiger partial charge in [-0.3, -0.25) is 4.79 Å². The van der Waals surface area contributed by atoms with E-state index in [0.29, 0.717) is 23.2 Å². The lowest BCUT2D eigenvalue weighted by Gasteiger charge is -2.09. The molecular formula is C19H16Cl2N4O. The van der Waals surface area contributed by atoms with E-state index in [1.165, 1.54) is 17.8 Å². The van der Waals surface area contributed by atoms with Gasteiger partial charge in [-0.1, -0.05) is 59.1 Å². The summed E-state index contributed by atoms with van der Waals surface area (Å²) in [5, 5.41) is 6.47. The van der Waals surface area contributed by atoms with Crippen LogP contribution in [0.15, 0.2) is 54.7 Å². The minimum absolute atomic E-state index is 0.224. The number of halogens is 2. The molecule has 26 heavy (non-hydrogen) atoms. The summed E-state index contributed by atoms with van der Waals surface area (Å²) in [6.07, 6.45) is 1.53. The molecule has 3 rings (SSSR count). The summed E-state index contributed by atoms with van der Waals surface area (Å²) in [6, 6.07) is 14.7. The van der Waals surface area contributed by atoms with Crippen LogP contribution in [-0.4, -0.2) is 15.9 Å². The average molecular weight is 387 g/mol. The molecule has 0 aliphatic carbocycles. The number of rotatable bonds is 5. The van der Waals surface area contributed by atoms with Crippen LogP contribution in [0.4, 0.5) is 11.6 Å². The highest BCUT2D eigenvalue weighted by Gasteiger charge is 2.12. The van der Waals surface area contributed by atoms with Crippen molar-refractivity contribution in [1.29, 1.82) is 0 Å². The van der Waals surface area contributed by atoms with Gasteiger partial charge in [-0.05, 0) is 30.7 Å². The molecule has 0 bridgehead atoms. The zero-order chi connectivity index (χ0) is 18.5. The van der Waals surface area contributed by atoms with Crippen LogP contribution in [0.25, 0.3) is 0 Å². The largest absolute Gasteiger partial charge is 0.350 e. The minimum Gasteiger partial charge on any atom is -0.350 e. The SMILES string of the molecule is Cc1ccc(CNc2nccc(C(=O)Nc3cccc(Cl)c3Cl)n2)cc1. The van der Waals surface area contributed by atoms with Gasteiger partial charge in [0.05, 0.1) is 15.7 Å². The first kappa shape index (κ1) is 18.2. The van der Waals surface area contributed by atoms with Crippen molar-refractivity contribution < 1.29 is 4.79 Å². The van der Waals surface area contributed by atoms with Gasteiger partial charge in [-0.2, -0.15) is 0 Å². The van der Waals surface area contributed by atoms with Crippen LogP contribution >= 0.6 is 23.2 Å². The van der Waals surface area contributed by atoms with Gasteiger partial charge in [0.25, 0.3) is 5.91 Å². The van der Waals surface area contributed by atoms with Crippen LogP contribution in [-0.2, 0) is 6.54 Å². The van der Waals surface area contributed by atoms with Crippen LogP contribution < -0.4 is 10.6 Å². The Hall–Kier alpha value is -2.63. The topological polar surface area (TPSA) is 66.9 Å². The molecule has 7 heteroatoms. The van der Waals surface area contributed by atoms with Crippen LogP contribution in [0.3, 0.4) is 0 Å². The second-order valence-corrected chi connectivity index (χ2v) is 6.45. The molecular weight excluding hydrogens is 371 g/mol. The molecule has 1 amide bonds. The molecule has 0 atom stereocenters. The van der Waals surface area contributed by atoms with Crippen molar-refractivity contribution in [3.05, 3.63) is 81.6 Å². The van der Waals surface area contributed by atoms with E-state index in [2.05, 4.69) is 20.6 Å². The van der Waals surface area contributed by atoms with Crippen LogP contribution in [0.5, 0.6) is 0 Å². The first-order valence-electron chi connectivity index (χ1n) is 7.91. The van der Waals surface area contributed by atoms with Gasteiger partial charge < -0.3 is 10.6 Å². The summed E-state index contributed by atoms with van der Waals surface area (Å²) in [4.78, 5) is 20.8. The molecule has 0 saturated carbocycles. The Morgan fingerprint density at radius 1 is 1.08 bits per heavy atom. The average Bonchev–Trinajstić information content (AvgIpc) is 2.65. The number of aromatic nitrogens is 2. The number of hydrogen-bond acceptors (Lipinski definition) is 4. The number of hydrogen-bond donors (Lipinski definition) is 2. The highest BCUT2D eigenvalue weighted by atomic mass is 35.5. The third kappa shape index (κ3) is 4.50. The van der Waals surface area contributed by atoms with Crippen molar-refractivity contribution in [2.75, 3.05) is 10.6 Å². The summed E-state index contributed by atoms with van der Waals surface area (Å²) in [6.45, 7) is 2.60. The van der Waals surface area contributed by atoms with Crippen molar-refractivity contribution in [2.24, 2.45) is 0 Å². The molecule has 2 aromatic carbocycles. The quantitative estimate of drug-likeness (QED) is 0.650. The molecule has 1 aromatic heterocycles. The van der Waals surface area contributed by atoms with Crippen molar-refractivity contribution in [1.82, 2.24) is 9.97 Å². The third-order valence-corrected chi connectivity index (χ3v) is 4.48. The van der Waals surface area contributed by atoms with Gasteiger partial charge in [-0.15, -0.1) is 0 Å². The number of nitrogens with zero attached hydrogens (tertiary/aromatic N) is 2. The molecule has 0 radical (unpaired) electrons. The van der Waals surface area contributed by atoms with Gasteiger partial charge in [0.2, 0.25) is 5.95 Å². The maximum atomic E-state index is 12.4. The number of nitrogens with one attached hydrogen (secondary N) is 2. The highest BCUT2D eigenvalue weighted by Crippen LogP contribution is 2.29. The minimum atomic E-state index is -0.394. The van der Waals surface area contributed by atoms with Gasteiger partial charge in [0, 0.05) is 12.7 Å². The van der Waals surface area contributed by atoms with E-state index < -0.39 is 5.91 Å². The summed E-state index contributed by atoms with van der Waals surface area (Å²) >= 11 is 12.1. The molecule has 0 aliphatic rings. The lowest BCUT2D eigenvalue weighted by molar-refractivity contribution is 0.102. The van der Waals surface area contributed by atoms with E-state index in [-0.39, 0.29) is 10.7 Å². The second-order valence-electron chi connectivity index (χ2n) is 5.66. The van der Waals surface area contributed by atoms with Gasteiger partial charge >= 0.3 is 0 Å². The van der Waals surface area contributed by atoms with Gasteiger partial charge in [0.1, 0.15) is 5.69 Å². The third-order valence-electron chi connectivity index (χ3n) is 3.66. The number of benzene rings is 2. The van der Waals surface area contributed by atoms with Crippen molar-refractivity contribution >= 4 is 40.7 Å². The molecule has 1 heterocycles. The van der Waals surface area contributed by atoms with Crippen molar-refractivity contribution in [3.8, 4) is 0 Å². The highest BCUT2D eigenvalue weighted by molar-refractivity contribution is 6.44. The van der Waals surface area contributed by atoms with E-state index in [1.54, 1.807) is 18.2 Å². The standard InChI is InChI=1S/C19H16Cl2N4O/c1-12-5-7-13(8-6-12)11-23-19-22-10-9-16(25-19)18(26)24-15-4-2-3-14(20)17(15)21/h2-10H,11H2,1H3,(H,24,26)(H,22,23,25). The number of amides is 1. The Labute approximate surface area is 161 Å². The number of aryl methyl sites for hydroxylation is 1. The molecule has 0 aliphatic heterocycles. The fourth-order valence-electron chi connectivity index (χ4n) is 2.24. The summed E-state index contributed by atoms with van der Waals surface area (Å²) in [5.74, 6) is -0.0228. The number of anilines is 2. The van der Waals surface area contributed by atoms with E-state index in [1.807, 2.05) is 31.2 Å². The van der Waals surface area contributed by atoms with E-state index in [9.17, 15) is 4.79 Å². The smallest absolute Gasteiger partial charge is 0.274 e. The molecule has 0 saturated heterocycles. The lowest BCUT2D eigenvalue weighted by Crippen LogP contribution is -2.15. The Bertz CT molecular complexity index is 929. The number of carbonyl (C=O) groups excluding carboxylic acids is 1. The molecule has 132 valence electrons. The second kappa shape index (κ2) is 8.17. The van der Waals surface area contributed by atoms with Crippen LogP contribution in [0.1, 0.15) is 21.6 Å². The predicted octanol–water partition coefficient (Wildman–Crippen LogP) is 4.96. The van der Waals surface area contributed by atoms with Crippen LogP contribution in [0, 0.1) is 6.92 Å². The molecule has 0 fully saturated rings. The summed E-state index contributed by atoms with van der Waals surface area (Å²) in [7, 11) is 0. The van der Waals surface area contributed by atoms with Crippen molar-refractivity contribution in [3.63, 3.8) is 0 Å². The van der Waals surface area contributed by atoms with E-state index in [0.717, 1.165) is 5.56 Å². The Kier molecular flexibility index (Phi) is 5.71. The molecule has 5 nitrogen and oxygen atoms in total. The normalized spacial score (nSPS) is 10.4. The zero-order valence-corrected chi connectivity index (χ0v) is 15.5. The van der Waals surface area contributed by atoms with E-state index in [4.69, 9.17) is 23.2 Å². The van der Waals surface area contributed by atoms with Crippen LogP contribution in [0.2, 0.25) is 10.0 Å². The maximum Gasteiger partial charge on any atom is 0.274 e. The maximum absolute atomic E-state index is 12.4. The summed E-state index contributed by atoms with van der Waals surface area (Å²) in [5.41, 5.74) is 2.95. The summed E-state index contributed by atoms with van der Waals surface area (Å²) < 4.78 is 0. The Balaban J connectivity index is 1.69. The fraction of sp³-hybridized carbons (Fsp3) is 0.105. The number of carbonyl (C=O) groups is 1. The first-order valence-corrected chi connectivity index (χ1v) is 8.66. The van der Waals surface area contributed by atoms with Crippen molar-refractivity contribution in [2.45, 2.75) is 13.5 Å². The molecule has 0 unspecified atom stereocenters. The lowest BCUT2D eigenvalue weighted by atomic mass is 10.1. The molecule has 3 aromatic rings. The molecule has 0 spiro atoms. The van der Waals surface area contributed by atoms with Gasteiger partial charge in [0.15, 0.2) is 0 Å². The predicted molar refractivity (Wildman–Crippen MR) is 105 cm³/mol. The molecule has 2 N–H and O–H groups in total. The Morgan fingerprint density at radius 2 is 1.85 bits per heavy atom. The Morgan fingerprint density at radius 3 is 2.62 bits per heavy atom. The fourth-order valence-corrected chi connectivity index (χ4v) is 2.59. The van der Waals surface area contributed by atoms with Gasteiger partial charge in [-0.25, -0.2) is 9.97 Å². The first-order chi connectivity index (χ1) is 12.5. The zero-order valence-electron chi connectivity index (χ0n) is 14.0. The monoisotopic (exact) mass is 386 g/mol.